The van der Waals surface area contributed by atoms with E-state index in [1.165, 1.54) is 25.5 Å². The summed E-state index contributed by atoms with van der Waals surface area (Å²) in [5.41, 5.74) is 4.37. The lowest BCUT2D eigenvalue weighted by molar-refractivity contribution is -0.119. The summed E-state index contributed by atoms with van der Waals surface area (Å²) in [5, 5.41) is 3.95. The molecule has 0 spiro atoms. The van der Waals surface area contributed by atoms with Crippen LogP contribution < -0.4 is 19.2 Å². The Hall–Kier alpha value is -4.11. The van der Waals surface area contributed by atoms with Crippen LogP contribution in [0.25, 0.3) is 0 Å². The molecule has 0 saturated carbocycles. The fraction of sp³-hybridized carbons (Fsp3) is 0.154. The molecule has 0 bridgehead atoms. The molecule has 0 radical (unpaired) electrons. The number of hydrogen-bond acceptors (Lipinski definition) is 6. The Bertz CT molecular complexity index is 1270. The molecule has 1 N–H and O–H groups in total. The molecule has 0 atom stereocenters. The van der Waals surface area contributed by atoms with Crippen LogP contribution in [0.2, 0.25) is 0 Å². The SMILES string of the molecule is C=CCOc1ccc(/C=N\NC(=O)CN(c2ccc(OC)cc2)S(=O)(=O)c2ccc(C)cc2)cc1. The second-order valence-corrected chi connectivity index (χ2v) is 9.35. The minimum absolute atomic E-state index is 0.0778. The number of anilines is 1. The molecule has 3 rings (SSSR count). The summed E-state index contributed by atoms with van der Waals surface area (Å²) >= 11 is 0. The average molecular weight is 494 g/mol. The first-order chi connectivity index (χ1) is 16.8. The molecule has 0 saturated heterocycles. The first kappa shape index (κ1) is 25.5. The number of rotatable bonds is 11. The van der Waals surface area contributed by atoms with Crippen molar-refractivity contribution in [3.8, 4) is 11.5 Å². The third kappa shape index (κ3) is 6.94. The zero-order valence-electron chi connectivity index (χ0n) is 19.5. The molecule has 0 aliphatic rings. The van der Waals surface area contributed by atoms with Crippen molar-refractivity contribution in [3.05, 3.63) is 96.6 Å². The molecule has 182 valence electrons. The molecule has 9 heteroatoms. The van der Waals surface area contributed by atoms with E-state index < -0.39 is 22.5 Å². The van der Waals surface area contributed by atoms with Crippen molar-refractivity contribution in [2.75, 3.05) is 24.6 Å². The lowest BCUT2D eigenvalue weighted by atomic mass is 10.2. The molecule has 0 heterocycles. The number of hydrazone groups is 1. The second kappa shape index (κ2) is 11.8. The summed E-state index contributed by atoms with van der Waals surface area (Å²) in [6, 6.07) is 20.0. The van der Waals surface area contributed by atoms with Gasteiger partial charge in [0, 0.05) is 0 Å². The number of sulfonamides is 1. The lowest BCUT2D eigenvalue weighted by Gasteiger charge is -2.24. The van der Waals surface area contributed by atoms with Crippen molar-refractivity contribution in [2.45, 2.75) is 11.8 Å². The molecule has 0 unspecified atom stereocenters. The van der Waals surface area contributed by atoms with Crippen molar-refractivity contribution >= 4 is 27.8 Å². The number of carbonyl (C=O) groups excluding carboxylic acids is 1. The van der Waals surface area contributed by atoms with Crippen molar-refractivity contribution in [3.63, 3.8) is 0 Å². The molecule has 35 heavy (non-hydrogen) atoms. The van der Waals surface area contributed by atoms with Gasteiger partial charge >= 0.3 is 0 Å². The van der Waals surface area contributed by atoms with Gasteiger partial charge in [-0.2, -0.15) is 5.10 Å². The predicted molar refractivity (Wildman–Crippen MR) is 137 cm³/mol. The van der Waals surface area contributed by atoms with Gasteiger partial charge in [-0.1, -0.05) is 30.4 Å². The van der Waals surface area contributed by atoms with Gasteiger partial charge in [0.05, 0.1) is 23.9 Å². The zero-order valence-corrected chi connectivity index (χ0v) is 20.4. The van der Waals surface area contributed by atoms with Gasteiger partial charge < -0.3 is 9.47 Å². The number of amides is 1. The Balaban J connectivity index is 1.76. The number of methoxy groups -OCH3 is 1. The summed E-state index contributed by atoms with van der Waals surface area (Å²) in [7, 11) is -2.50. The molecule has 0 fully saturated rings. The van der Waals surface area contributed by atoms with E-state index >= 15 is 0 Å². The van der Waals surface area contributed by atoms with E-state index in [0.717, 1.165) is 15.4 Å². The standard InChI is InChI=1S/C26H27N3O5S/c1-4-17-34-24-11-7-21(8-12-24)18-27-28-26(30)19-29(22-9-13-23(33-3)14-10-22)35(31,32)25-15-5-20(2)6-16-25/h4-16,18H,1,17,19H2,2-3H3,(H,28,30)/b27-18-. The fourth-order valence-corrected chi connectivity index (χ4v) is 4.47. The molecule has 0 aromatic heterocycles. The number of carbonyl (C=O) groups is 1. The molecule has 8 nitrogen and oxygen atoms in total. The highest BCUT2D eigenvalue weighted by molar-refractivity contribution is 7.92. The quantitative estimate of drug-likeness (QED) is 0.248. The van der Waals surface area contributed by atoms with E-state index in [4.69, 9.17) is 9.47 Å². The second-order valence-electron chi connectivity index (χ2n) is 7.48. The Morgan fingerprint density at radius 3 is 2.23 bits per heavy atom. The molecule has 0 aliphatic carbocycles. The Labute approximate surface area is 205 Å². The van der Waals surface area contributed by atoms with Crippen molar-refractivity contribution in [2.24, 2.45) is 5.10 Å². The predicted octanol–water partition coefficient (Wildman–Crippen LogP) is 3.91. The summed E-state index contributed by atoms with van der Waals surface area (Å²) in [5.74, 6) is 0.651. The van der Waals surface area contributed by atoms with Gasteiger partial charge in [-0.05, 0) is 73.2 Å². The van der Waals surface area contributed by atoms with Crippen LogP contribution in [-0.2, 0) is 14.8 Å². The first-order valence-corrected chi connectivity index (χ1v) is 12.2. The van der Waals surface area contributed by atoms with E-state index in [0.29, 0.717) is 23.8 Å². The van der Waals surface area contributed by atoms with Crippen LogP contribution in [0, 0.1) is 6.92 Å². The highest BCUT2D eigenvalue weighted by Crippen LogP contribution is 2.26. The van der Waals surface area contributed by atoms with Gasteiger partial charge in [0.25, 0.3) is 15.9 Å². The van der Waals surface area contributed by atoms with Gasteiger partial charge in [-0.3, -0.25) is 9.10 Å². The number of hydrogen-bond donors (Lipinski definition) is 1. The van der Waals surface area contributed by atoms with Crippen molar-refractivity contribution < 1.29 is 22.7 Å². The molecule has 1 amide bonds. The smallest absolute Gasteiger partial charge is 0.264 e. The molecule has 0 aliphatic heterocycles. The Morgan fingerprint density at radius 1 is 1.00 bits per heavy atom. The largest absolute Gasteiger partial charge is 0.497 e. The summed E-state index contributed by atoms with van der Waals surface area (Å²) in [4.78, 5) is 12.7. The maximum atomic E-state index is 13.4. The number of ether oxygens (including phenoxy) is 2. The monoisotopic (exact) mass is 493 g/mol. The molecular weight excluding hydrogens is 466 g/mol. The molecular formula is C26H27N3O5S. The third-order valence-electron chi connectivity index (χ3n) is 4.91. The summed E-state index contributed by atoms with van der Waals surface area (Å²) in [6.45, 7) is 5.40. The van der Waals surface area contributed by atoms with Gasteiger partial charge in [0.15, 0.2) is 0 Å². The fourth-order valence-electron chi connectivity index (χ4n) is 3.05. The lowest BCUT2D eigenvalue weighted by Crippen LogP contribution is -2.39. The van der Waals surface area contributed by atoms with Gasteiger partial charge in [0.2, 0.25) is 0 Å². The Kier molecular flexibility index (Phi) is 8.63. The minimum Gasteiger partial charge on any atom is -0.497 e. The van der Waals surface area contributed by atoms with Crippen LogP contribution in [0.1, 0.15) is 11.1 Å². The maximum Gasteiger partial charge on any atom is 0.264 e. The van der Waals surface area contributed by atoms with Crippen molar-refractivity contribution in [1.29, 1.82) is 0 Å². The van der Waals surface area contributed by atoms with Crippen LogP contribution in [0.4, 0.5) is 5.69 Å². The van der Waals surface area contributed by atoms with Crippen LogP contribution >= 0.6 is 0 Å². The van der Waals surface area contributed by atoms with Crippen molar-refractivity contribution in [1.82, 2.24) is 5.43 Å². The molecule has 3 aromatic carbocycles. The van der Waals surface area contributed by atoms with Crippen LogP contribution in [0.3, 0.4) is 0 Å². The zero-order chi connectivity index (χ0) is 25.3. The minimum atomic E-state index is -4.02. The number of nitrogens with one attached hydrogen (secondary N) is 1. The van der Waals surface area contributed by atoms with E-state index in [2.05, 4.69) is 17.1 Å². The van der Waals surface area contributed by atoms with Crippen LogP contribution in [-0.4, -0.2) is 40.8 Å². The summed E-state index contributed by atoms with van der Waals surface area (Å²) in [6.07, 6.45) is 3.11. The third-order valence-corrected chi connectivity index (χ3v) is 6.70. The Morgan fingerprint density at radius 2 is 1.63 bits per heavy atom. The van der Waals surface area contributed by atoms with Gasteiger partial charge in [-0.15, -0.1) is 0 Å². The number of aryl methyl sites for hydroxylation is 1. The average Bonchev–Trinajstić information content (AvgIpc) is 2.87. The topological polar surface area (TPSA) is 97.3 Å². The highest BCUT2D eigenvalue weighted by Gasteiger charge is 2.27. The normalized spacial score (nSPS) is 11.1. The summed E-state index contributed by atoms with van der Waals surface area (Å²) < 4.78 is 38.4. The van der Waals surface area contributed by atoms with E-state index in [1.807, 2.05) is 6.92 Å². The van der Waals surface area contributed by atoms with Crippen LogP contribution in [0.15, 0.2) is 95.4 Å². The first-order valence-electron chi connectivity index (χ1n) is 10.7. The number of nitrogens with zero attached hydrogens (tertiary/aromatic N) is 2. The van der Waals surface area contributed by atoms with E-state index in [1.54, 1.807) is 66.7 Å². The maximum absolute atomic E-state index is 13.4. The van der Waals surface area contributed by atoms with Gasteiger partial charge in [0.1, 0.15) is 24.7 Å². The van der Waals surface area contributed by atoms with Crippen LogP contribution in [0.5, 0.6) is 11.5 Å². The van der Waals surface area contributed by atoms with E-state index in [9.17, 15) is 13.2 Å². The van der Waals surface area contributed by atoms with E-state index in [-0.39, 0.29) is 4.90 Å². The highest BCUT2D eigenvalue weighted by atomic mass is 32.2. The van der Waals surface area contributed by atoms with Gasteiger partial charge in [-0.25, -0.2) is 13.8 Å². The number of benzene rings is 3. The molecule has 3 aromatic rings.